The quantitative estimate of drug-likeness (QED) is 0.785. The third-order valence-electron chi connectivity index (χ3n) is 3.41. The molecule has 18 heavy (non-hydrogen) atoms. The van der Waals surface area contributed by atoms with Gasteiger partial charge in [0.2, 0.25) is 0 Å². The van der Waals surface area contributed by atoms with Crippen LogP contribution >= 0.6 is 11.3 Å². The van der Waals surface area contributed by atoms with Crippen LogP contribution in [0.15, 0.2) is 0 Å². The zero-order chi connectivity index (χ0) is 13.5. The molecule has 1 N–H and O–H groups in total. The van der Waals surface area contributed by atoms with Crippen molar-refractivity contribution in [3.63, 3.8) is 0 Å². The highest BCUT2D eigenvalue weighted by Gasteiger charge is 2.10. The minimum absolute atomic E-state index is 0.581. The van der Waals surface area contributed by atoms with E-state index in [2.05, 4.69) is 49.8 Å². The maximum atomic E-state index is 4.69. The van der Waals surface area contributed by atoms with Crippen molar-refractivity contribution in [1.82, 2.24) is 15.2 Å². The summed E-state index contributed by atoms with van der Waals surface area (Å²) in [6, 6.07) is 0.581. The van der Waals surface area contributed by atoms with E-state index in [0.717, 1.165) is 26.2 Å². The second-order valence-corrected chi connectivity index (χ2v) is 5.94. The number of hydrogen-bond acceptors (Lipinski definition) is 4. The van der Waals surface area contributed by atoms with Gasteiger partial charge < -0.3 is 5.32 Å². The van der Waals surface area contributed by atoms with Gasteiger partial charge in [-0.15, -0.1) is 11.3 Å². The largest absolute Gasteiger partial charge is 0.309 e. The van der Waals surface area contributed by atoms with Crippen LogP contribution in [0.3, 0.4) is 0 Å². The lowest BCUT2D eigenvalue weighted by Crippen LogP contribution is -2.24. The summed E-state index contributed by atoms with van der Waals surface area (Å²) < 4.78 is 0. The van der Waals surface area contributed by atoms with Crippen LogP contribution < -0.4 is 5.32 Å². The van der Waals surface area contributed by atoms with Crippen LogP contribution in [0, 0.1) is 6.92 Å². The summed E-state index contributed by atoms with van der Waals surface area (Å²) in [5, 5.41) is 4.79. The number of hydrogen-bond donors (Lipinski definition) is 1. The summed E-state index contributed by atoms with van der Waals surface area (Å²) in [6.07, 6.45) is 1.17. The molecule has 0 aliphatic carbocycles. The normalized spacial score (nSPS) is 13.2. The molecule has 104 valence electrons. The van der Waals surface area contributed by atoms with Gasteiger partial charge in [-0.25, -0.2) is 4.98 Å². The molecule has 1 aromatic heterocycles. The van der Waals surface area contributed by atoms with Gasteiger partial charge >= 0.3 is 0 Å². The van der Waals surface area contributed by atoms with E-state index >= 15 is 0 Å². The van der Waals surface area contributed by atoms with Gasteiger partial charge in [-0.05, 0) is 33.4 Å². The minimum Gasteiger partial charge on any atom is -0.309 e. The average molecular weight is 269 g/mol. The fourth-order valence-corrected chi connectivity index (χ4v) is 2.83. The van der Waals surface area contributed by atoms with Gasteiger partial charge in [-0.2, -0.15) is 0 Å². The predicted octanol–water partition coefficient (Wildman–Crippen LogP) is 3.18. The maximum Gasteiger partial charge on any atom is 0.107 e. The fraction of sp³-hybridized carbons (Fsp3) is 0.786. The zero-order valence-electron chi connectivity index (χ0n) is 12.4. The van der Waals surface area contributed by atoms with Crippen LogP contribution in [0.4, 0.5) is 0 Å². The Labute approximate surface area is 116 Å². The third-order valence-corrected chi connectivity index (χ3v) is 4.56. The summed E-state index contributed by atoms with van der Waals surface area (Å²) in [6.45, 7) is 15.1. The number of nitrogens with one attached hydrogen (secondary N) is 1. The standard InChI is InChI=1S/C14H27N3S/c1-6-11(4)15-9-13-12(5)16-14(18-13)10-17(7-2)8-3/h11,15H,6-10H2,1-5H3. The zero-order valence-corrected chi connectivity index (χ0v) is 13.2. The second kappa shape index (κ2) is 7.87. The monoisotopic (exact) mass is 269 g/mol. The van der Waals surface area contributed by atoms with Crippen molar-refractivity contribution in [1.29, 1.82) is 0 Å². The van der Waals surface area contributed by atoms with Crippen molar-refractivity contribution in [3.05, 3.63) is 15.6 Å². The van der Waals surface area contributed by atoms with Crippen LogP contribution in [0.1, 0.15) is 49.7 Å². The van der Waals surface area contributed by atoms with Crippen molar-refractivity contribution in [2.75, 3.05) is 13.1 Å². The van der Waals surface area contributed by atoms with Crippen LogP contribution in [0.2, 0.25) is 0 Å². The Kier molecular flexibility index (Phi) is 6.82. The van der Waals surface area contributed by atoms with Crippen molar-refractivity contribution in [2.45, 2.75) is 60.2 Å². The molecule has 0 saturated carbocycles. The number of thiazole rings is 1. The smallest absolute Gasteiger partial charge is 0.107 e. The molecule has 4 heteroatoms. The Balaban J connectivity index is 2.58. The highest BCUT2D eigenvalue weighted by atomic mass is 32.1. The molecular weight excluding hydrogens is 242 g/mol. The lowest BCUT2D eigenvalue weighted by molar-refractivity contribution is 0.295. The lowest BCUT2D eigenvalue weighted by Gasteiger charge is -2.15. The van der Waals surface area contributed by atoms with Gasteiger partial charge in [0.15, 0.2) is 0 Å². The van der Waals surface area contributed by atoms with Crippen molar-refractivity contribution in [3.8, 4) is 0 Å². The molecule has 0 aliphatic rings. The Morgan fingerprint density at radius 1 is 1.28 bits per heavy atom. The van der Waals surface area contributed by atoms with E-state index in [1.54, 1.807) is 0 Å². The van der Waals surface area contributed by atoms with Gasteiger partial charge in [-0.3, -0.25) is 4.90 Å². The van der Waals surface area contributed by atoms with E-state index in [1.807, 2.05) is 11.3 Å². The van der Waals surface area contributed by atoms with E-state index in [1.165, 1.54) is 22.0 Å². The first kappa shape index (κ1) is 15.6. The van der Waals surface area contributed by atoms with E-state index < -0.39 is 0 Å². The summed E-state index contributed by atoms with van der Waals surface area (Å²) in [5.74, 6) is 0. The van der Waals surface area contributed by atoms with E-state index in [4.69, 9.17) is 0 Å². The SMILES string of the molecule is CCC(C)NCc1sc(CN(CC)CC)nc1C. The van der Waals surface area contributed by atoms with Gasteiger partial charge in [0.25, 0.3) is 0 Å². The van der Waals surface area contributed by atoms with Crippen LogP contribution in [-0.2, 0) is 13.1 Å². The molecule has 0 aliphatic heterocycles. The van der Waals surface area contributed by atoms with Crippen LogP contribution in [0.5, 0.6) is 0 Å². The Morgan fingerprint density at radius 3 is 2.50 bits per heavy atom. The number of rotatable bonds is 8. The fourth-order valence-electron chi connectivity index (χ4n) is 1.77. The molecule has 0 bridgehead atoms. The van der Waals surface area contributed by atoms with E-state index in [9.17, 15) is 0 Å². The predicted molar refractivity (Wildman–Crippen MR) is 80.1 cm³/mol. The van der Waals surface area contributed by atoms with Crippen LogP contribution in [-0.4, -0.2) is 29.0 Å². The van der Waals surface area contributed by atoms with Gasteiger partial charge in [0.05, 0.1) is 12.2 Å². The molecule has 0 fully saturated rings. The number of aromatic nitrogens is 1. The van der Waals surface area contributed by atoms with Crippen molar-refractivity contribution < 1.29 is 0 Å². The molecule has 1 atom stereocenters. The molecule has 1 unspecified atom stereocenters. The first-order chi connectivity index (χ1) is 8.60. The highest BCUT2D eigenvalue weighted by Crippen LogP contribution is 2.19. The lowest BCUT2D eigenvalue weighted by atomic mass is 10.2. The molecule has 0 amide bonds. The first-order valence-corrected chi connectivity index (χ1v) is 7.83. The Morgan fingerprint density at radius 2 is 1.94 bits per heavy atom. The average Bonchev–Trinajstić information content (AvgIpc) is 2.73. The van der Waals surface area contributed by atoms with Gasteiger partial charge in [0.1, 0.15) is 5.01 Å². The minimum atomic E-state index is 0.581. The van der Waals surface area contributed by atoms with E-state index in [-0.39, 0.29) is 0 Å². The van der Waals surface area contributed by atoms with Crippen molar-refractivity contribution >= 4 is 11.3 Å². The molecule has 0 aromatic carbocycles. The summed E-state index contributed by atoms with van der Waals surface area (Å²) >= 11 is 1.86. The Bertz CT molecular complexity index is 345. The van der Waals surface area contributed by atoms with Gasteiger partial charge in [-0.1, -0.05) is 20.8 Å². The molecular formula is C14H27N3S. The third kappa shape index (κ3) is 4.67. The molecule has 1 rings (SSSR count). The van der Waals surface area contributed by atoms with Crippen LogP contribution in [0.25, 0.3) is 0 Å². The van der Waals surface area contributed by atoms with Gasteiger partial charge in [0, 0.05) is 17.5 Å². The molecule has 3 nitrogen and oxygen atoms in total. The highest BCUT2D eigenvalue weighted by molar-refractivity contribution is 7.11. The summed E-state index contributed by atoms with van der Waals surface area (Å²) in [4.78, 5) is 8.48. The second-order valence-electron chi connectivity index (χ2n) is 4.77. The number of aryl methyl sites for hydroxylation is 1. The molecule has 0 spiro atoms. The number of nitrogens with zero attached hydrogens (tertiary/aromatic N) is 2. The Hall–Kier alpha value is -0.450. The molecule has 0 radical (unpaired) electrons. The van der Waals surface area contributed by atoms with Crippen molar-refractivity contribution in [2.24, 2.45) is 0 Å². The molecule has 0 saturated heterocycles. The maximum absolute atomic E-state index is 4.69. The van der Waals surface area contributed by atoms with E-state index in [0.29, 0.717) is 6.04 Å². The topological polar surface area (TPSA) is 28.2 Å². The molecule has 1 heterocycles. The summed E-state index contributed by atoms with van der Waals surface area (Å²) in [5.41, 5.74) is 1.19. The first-order valence-electron chi connectivity index (χ1n) is 7.01. The summed E-state index contributed by atoms with van der Waals surface area (Å²) in [7, 11) is 0. The molecule has 1 aromatic rings.